The van der Waals surface area contributed by atoms with Crippen LogP contribution >= 0.6 is 0 Å². The average molecular weight is 499 g/mol. The molecule has 1 aliphatic rings. The molecule has 0 bridgehead atoms. The molecule has 194 valence electrons. The van der Waals surface area contributed by atoms with E-state index in [1.54, 1.807) is 0 Å². The summed E-state index contributed by atoms with van der Waals surface area (Å²) in [6.07, 6.45) is 1.35. The highest BCUT2D eigenvalue weighted by Gasteiger charge is 2.38. The van der Waals surface area contributed by atoms with Gasteiger partial charge in [0, 0.05) is 6.54 Å². The summed E-state index contributed by atoms with van der Waals surface area (Å²) in [5, 5.41) is 21.6. The minimum absolute atomic E-state index is 0.0955. The minimum Gasteiger partial charge on any atom is -0.347 e. The van der Waals surface area contributed by atoms with Crippen molar-refractivity contribution in [2.75, 3.05) is 13.1 Å². The Morgan fingerprint density at radius 2 is 1.92 bits per heavy atom. The summed E-state index contributed by atoms with van der Waals surface area (Å²) in [6, 6.07) is 7.86. The first-order chi connectivity index (χ1) is 17.3. The van der Waals surface area contributed by atoms with E-state index in [4.69, 9.17) is 0 Å². The van der Waals surface area contributed by atoms with Gasteiger partial charge in [0.05, 0.1) is 19.5 Å². The molecule has 0 aliphatic carbocycles. The van der Waals surface area contributed by atoms with Crippen molar-refractivity contribution in [1.29, 1.82) is 0 Å². The van der Waals surface area contributed by atoms with Crippen molar-refractivity contribution in [3.8, 4) is 0 Å². The second kappa shape index (κ2) is 12.8. The van der Waals surface area contributed by atoms with Crippen LogP contribution in [0.25, 0.3) is 0 Å². The van der Waals surface area contributed by atoms with E-state index in [0.29, 0.717) is 25.2 Å². The molecular weight excluding hydrogens is 464 g/mol. The van der Waals surface area contributed by atoms with E-state index in [-0.39, 0.29) is 49.1 Å². The summed E-state index contributed by atoms with van der Waals surface area (Å²) in [5.74, 6) is -1.01. The van der Waals surface area contributed by atoms with Crippen molar-refractivity contribution < 1.29 is 19.2 Å². The Kier molecular flexibility index (Phi) is 9.48. The summed E-state index contributed by atoms with van der Waals surface area (Å²) in [4.78, 5) is 52.7. The first-order valence-electron chi connectivity index (χ1n) is 12.2. The molecule has 0 radical (unpaired) electrons. The first-order valence-corrected chi connectivity index (χ1v) is 12.2. The van der Waals surface area contributed by atoms with Gasteiger partial charge in [0.15, 0.2) is 5.82 Å². The summed E-state index contributed by atoms with van der Waals surface area (Å²) < 4.78 is 0. The predicted molar refractivity (Wildman–Crippen MR) is 130 cm³/mol. The van der Waals surface area contributed by atoms with Crippen LogP contribution in [-0.2, 0) is 32.1 Å². The molecule has 1 aromatic heterocycles. The smallest absolute Gasteiger partial charge is 0.243 e. The van der Waals surface area contributed by atoms with E-state index in [0.717, 1.165) is 5.56 Å². The van der Waals surface area contributed by atoms with Crippen LogP contribution in [0, 0.1) is 11.8 Å². The average Bonchev–Trinajstić information content (AvgIpc) is 3.54. The summed E-state index contributed by atoms with van der Waals surface area (Å²) in [7, 11) is 0. The van der Waals surface area contributed by atoms with Gasteiger partial charge in [0.2, 0.25) is 23.6 Å². The second-order valence-corrected chi connectivity index (χ2v) is 9.26. The van der Waals surface area contributed by atoms with Crippen LogP contribution in [-0.4, -0.2) is 74.3 Å². The molecule has 1 fully saturated rings. The third-order valence-corrected chi connectivity index (χ3v) is 6.38. The summed E-state index contributed by atoms with van der Waals surface area (Å²) in [5.41, 5.74) is 0.847. The minimum atomic E-state index is -0.773. The second-order valence-electron chi connectivity index (χ2n) is 9.26. The molecule has 2 aromatic rings. The van der Waals surface area contributed by atoms with Gasteiger partial charge in [-0.25, -0.2) is 0 Å². The monoisotopic (exact) mass is 498 g/mol. The summed E-state index contributed by atoms with van der Waals surface area (Å²) in [6.45, 7) is 6.02. The van der Waals surface area contributed by atoms with Gasteiger partial charge < -0.3 is 20.9 Å². The van der Waals surface area contributed by atoms with Crippen LogP contribution < -0.4 is 16.0 Å². The number of rotatable bonds is 11. The lowest BCUT2D eigenvalue weighted by molar-refractivity contribution is -0.139. The number of nitrogens with one attached hydrogen (secondary N) is 4. The van der Waals surface area contributed by atoms with Gasteiger partial charge in [-0.2, -0.15) is 5.21 Å². The first kappa shape index (κ1) is 26.8. The van der Waals surface area contributed by atoms with Gasteiger partial charge in [-0.05, 0) is 23.8 Å². The fourth-order valence-corrected chi connectivity index (χ4v) is 4.19. The molecule has 36 heavy (non-hydrogen) atoms. The number of tetrazole rings is 1. The van der Waals surface area contributed by atoms with Crippen molar-refractivity contribution in [3.05, 3.63) is 41.7 Å². The Balaban J connectivity index is 1.55. The highest BCUT2D eigenvalue weighted by Crippen LogP contribution is 2.23. The quantitative estimate of drug-likeness (QED) is 0.337. The van der Waals surface area contributed by atoms with Gasteiger partial charge in [-0.3, -0.25) is 19.2 Å². The van der Waals surface area contributed by atoms with E-state index < -0.39 is 18.0 Å². The zero-order valence-electron chi connectivity index (χ0n) is 20.9. The molecule has 1 aliphatic heterocycles. The lowest BCUT2D eigenvalue weighted by Gasteiger charge is -2.26. The van der Waals surface area contributed by atoms with Crippen LogP contribution in [0.4, 0.5) is 0 Å². The van der Waals surface area contributed by atoms with Gasteiger partial charge in [0.25, 0.3) is 0 Å². The normalized spacial score (nSPS) is 18.8. The fourth-order valence-electron chi connectivity index (χ4n) is 4.19. The molecule has 1 unspecified atom stereocenters. The number of aromatic amines is 1. The number of aromatic nitrogens is 4. The fraction of sp³-hybridized carbons (Fsp3) is 0.542. The molecule has 12 nitrogen and oxygen atoms in total. The Morgan fingerprint density at radius 1 is 1.17 bits per heavy atom. The number of likely N-dealkylation sites (tertiary alicyclic amines) is 1. The lowest BCUT2D eigenvalue weighted by atomic mass is 9.98. The molecule has 4 atom stereocenters. The number of carbonyl (C=O) groups is 4. The number of hydrogen-bond acceptors (Lipinski definition) is 7. The maximum absolute atomic E-state index is 13.0. The molecule has 3 rings (SSSR count). The van der Waals surface area contributed by atoms with E-state index in [1.807, 2.05) is 51.1 Å². The number of benzene rings is 1. The number of carbonyl (C=O) groups excluding carboxylic acids is 4. The molecule has 1 saturated heterocycles. The number of hydrogen-bond donors (Lipinski definition) is 4. The standard InChI is InChI=1S/C24H34N8O4/c1-4-16(3)22(27-20(33)11-17-8-6-5-7-9-17)24(36)26-13-21(34)32-14-15(2)10-18(32)23(35)25-12-19-28-30-31-29-19/h5-9,15-16,18,22H,4,10-14H2,1-3H3,(H,25,35)(H,26,36)(H,27,33)(H,28,29,30,31)/t15-,16+,18?,22+/m1/s1. The van der Waals surface area contributed by atoms with Crippen molar-refractivity contribution >= 4 is 23.6 Å². The highest BCUT2D eigenvalue weighted by molar-refractivity contribution is 5.93. The Bertz CT molecular complexity index is 1030. The van der Waals surface area contributed by atoms with E-state index in [9.17, 15) is 19.2 Å². The van der Waals surface area contributed by atoms with E-state index in [2.05, 4.69) is 36.6 Å². The molecule has 2 heterocycles. The lowest BCUT2D eigenvalue weighted by Crippen LogP contribution is -2.53. The summed E-state index contributed by atoms with van der Waals surface area (Å²) >= 11 is 0. The Hall–Kier alpha value is -3.83. The van der Waals surface area contributed by atoms with Crippen molar-refractivity contribution in [1.82, 2.24) is 41.5 Å². The van der Waals surface area contributed by atoms with Gasteiger partial charge in [0.1, 0.15) is 12.1 Å². The van der Waals surface area contributed by atoms with Crippen molar-refractivity contribution in [3.63, 3.8) is 0 Å². The molecule has 0 saturated carbocycles. The zero-order valence-corrected chi connectivity index (χ0v) is 20.9. The molecule has 0 spiro atoms. The van der Waals surface area contributed by atoms with Crippen LogP contribution in [0.5, 0.6) is 0 Å². The van der Waals surface area contributed by atoms with Gasteiger partial charge in [-0.1, -0.05) is 62.7 Å². The third-order valence-electron chi connectivity index (χ3n) is 6.38. The Morgan fingerprint density at radius 3 is 2.58 bits per heavy atom. The molecular formula is C24H34N8O4. The molecule has 4 amide bonds. The maximum atomic E-state index is 13.0. The third kappa shape index (κ3) is 7.33. The van der Waals surface area contributed by atoms with E-state index in [1.165, 1.54) is 4.90 Å². The van der Waals surface area contributed by atoms with Gasteiger partial charge in [-0.15, -0.1) is 10.2 Å². The maximum Gasteiger partial charge on any atom is 0.243 e. The van der Waals surface area contributed by atoms with Crippen molar-refractivity contribution in [2.24, 2.45) is 11.8 Å². The SMILES string of the molecule is CC[C@H](C)[C@H](NC(=O)Cc1ccccc1)C(=O)NCC(=O)N1C[C@H](C)CC1C(=O)NCc1nn[nH]n1. The zero-order chi connectivity index (χ0) is 26.1. The predicted octanol–water partition coefficient (Wildman–Crippen LogP) is -0.0573. The van der Waals surface area contributed by atoms with E-state index >= 15 is 0 Å². The van der Waals surface area contributed by atoms with Crippen LogP contribution in [0.1, 0.15) is 45.0 Å². The largest absolute Gasteiger partial charge is 0.347 e. The number of nitrogens with zero attached hydrogens (tertiary/aromatic N) is 4. The molecule has 12 heteroatoms. The molecule has 4 N–H and O–H groups in total. The molecule has 1 aromatic carbocycles. The topological polar surface area (TPSA) is 162 Å². The van der Waals surface area contributed by atoms with Crippen molar-refractivity contribution in [2.45, 2.75) is 58.7 Å². The Labute approximate surface area is 210 Å². The van der Waals surface area contributed by atoms with Crippen LogP contribution in [0.2, 0.25) is 0 Å². The highest BCUT2D eigenvalue weighted by atomic mass is 16.2. The number of H-pyrrole nitrogens is 1. The van der Waals surface area contributed by atoms with Crippen LogP contribution in [0.3, 0.4) is 0 Å². The number of amides is 4. The van der Waals surface area contributed by atoms with Crippen LogP contribution in [0.15, 0.2) is 30.3 Å². The van der Waals surface area contributed by atoms with Gasteiger partial charge >= 0.3 is 0 Å².